The molecule has 0 atom stereocenters. The molecule has 0 bridgehead atoms. The number of nitrogens with zero attached hydrogens (tertiary/aromatic N) is 4. The van der Waals surface area contributed by atoms with Crippen LogP contribution in [0.25, 0.3) is 86.9 Å². The smallest absolute Gasteiger partial charge is 0.137 e. The van der Waals surface area contributed by atoms with E-state index in [1.807, 2.05) is 0 Å². The zero-order valence-corrected chi connectivity index (χ0v) is 74.9. The molecule has 2 heterocycles. The van der Waals surface area contributed by atoms with Gasteiger partial charge in [0, 0.05) is 102 Å². The summed E-state index contributed by atoms with van der Waals surface area (Å²) in [6.07, 6.45) is 0. The summed E-state index contributed by atoms with van der Waals surface area (Å²) in [6, 6.07) is 126. The molecule has 0 saturated carbocycles. The number of para-hydroxylation sites is 4. The molecule has 0 amide bonds. The van der Waals surface area contributed by atoms with Gasteiger partial charge in [-0.3, -0.25) is 0 Å². The lowest BCUT2D eigenvalue weighted by atomic mass is 9.86. The first-order valence-electron chi connectivity index (χ1n) is 43.0. The van der Waals surface area contributed by atoms with Crippen LogP contribution >= 0.6 is 0 Å². The van der Waals surface area contributed by atoms with Gasteiger partial charge in [0.05, 0.1) is 27.5 Å². The van der Waals surface area contributed by atoms with Gasteiger partial charge in [0.25, 0.3) is 0 Å². The van der Waals surface area contributed by atoms with Gasteiger partial charge in [-0.05, 0) is 273 Å². The van der Waals surface area contributed by atoms with E-state index in [1.165, 1.54) is 103 Å². The van der Waals surface area contributed by atoms with Crippen LogP contribution in [0, 0.1) is 27.7 Å². The van der Waals surface area contributed by atoms with Crippen molar-refractivity contribution >= 4 is 159 Å². The summed E-state index contributed by atoms with van der Waals surface area (Å²) in [5.41, 5.74) is 25.5. The molecule has 8 heteroatoms. The van der Waals surface area contributed by atoms with E-state index in [0.717, 1.165) is 119 Å². The second-order valence-electron chi connectivity index (χ2n) is 37.7. The molecule has 18 aromatic rings. The van der Waals surface area contributed by atoms with E-state index >= 15 is 0 Å². The highest BCUT2D eigenvalue weighted by Gasteiger charge is 2.32. The Hall–Kier alpha value is -13.2. The maximum atomic E-state index is 7.04. The number of benzene rings is 18. The minimum absolute atomic E-state index is 0.0579. The predicted octanol–water partition coefficient (Wildman–Crippen LogP) is 32.6. The molecule has 122 heavy (non-hydrogen) atoms. The van der Waals surface area contributed by atoms with Crippen LogP contribution in [0.15, 0.2) is 340 Å². The minimum Gasteiger partial charge on any atom is -0.456 e. The van der Waals surface area contributed by atoms with Crippen molar-refractivity contribution < 1.29 is 9.47 Å². The first-order chi connectivity index (χ1) is 58.6. The Balaban J connectivity index is 0.000000161. The minimum atomic E-state index is -1.49. The van der Waals surface area contributed by atoms with Crippen LogP contribution in [-0.2, 0) is 10.8 Å². The molecule has 2 aliphatic rings. The van der Waals surface area contributed by atoms with E-state index in [2.05, 4.69) is 468 Å². The molecule has 2 aliphatic heterocycles. The molecule has 0 unspecified atom stereocenters. The van der Waals surface area contributed by atoms with Crippen molar-refractivity contribution in [3.8, 4) is 45.3 Å². The summed E-state index contributed by atoms with van der Waals surface area (Å²) >= 11 is 0. The molecular weight excluding hydrogens is 1510 g/mol. The fourth-order valence-corrected chi connectivity index (χ4v) is 20.7. The highest BCUT2D eigenvalue weighted by molar-refractivity contribution is 6.89. The van der Waals surface area contributed by atoms with Crippen molar-refractivity contribution in [3.63, 3.8) is 0 Å². The molecule has 20 rings (SSSR count). The normalized spacial score (nSPS) is 12.4. The largest absolute Gasteiger partial charge is 0.456 e. The van der Waals surface area contributed by atoms with Gasteiger partial charge >= 0.3 is 0 Å². The SMILES string of the molecule is Cc1ccc2c(N(c3ccccc3)c3ccc(C(C)(C)C)cc3)cc3c4cc(C)cc5c4c(cc3c2c1)-c1ccc(N(c2ccccc2)c2ccc(C(C)(C)C)cc2)cc1O5.Cc1ccc2c(N(c3ccccc3)c3ccc([Si](C)(C)C)cc3)cc3c4cc(C)cc5c4c(cc3c2c1)-c1ccc(N(c2ccccc2)c2ccc([Si](C)(C)C)cc2)cc1O5. The lowest BCUT2D eigenvalue weighted by Gasteiger charge is -2.30. The Labute approximate surface area is 721 Å². The maximum Gasteiger partial charge on any atom is 0.137 e. The second-order valence-corrected chi connectivity index (χ2v) is 47.9. The monoisotopic (exact) mass is 1620 g/mol. The van der Waals surface area contributed by atoms with Crippen molar-refractivity contribution in [1.29, 1.82) is 0 Å². The molecule has 0 aromatic heterocycles. The number of hydrogen-bond donors (Lipinski definition) is 0. The van der Waals surface area contributed by atoms with Gasteiger partial charge in [0.15, 0.2) is 0 Å². The summed E-state index contributed by atoms with van der Waals surface area (Å²) in [5.74, 6) is 3.51. The molecule has 0 fully saturated rings. The van der Waals surface area contributed by atoms with Gasteiger partial charge in [-0.15, -0.1) is 0 Å². The first-order valence-corrected chi connectivity index (χ1v) is 50.0. The zero-order chi connectivity index (χ0) is 84.4. The van der Waals surface area contributed by atoms with Crippen LogP contribution in [0.4, 0.5) is 68.2 Å². The van der Waals surface area contributed by atoms with Gasteiger partial charge in [-0.2, -0.15) is 0 Å². The number of fused-ring (bicyclic) bond motifs is 12. The van der Waals surface area contributed by atoms with Gasteiger partial charge in [-0.1, -0.05) is 272 Å². The average Bonchev–Trinajstić information content (AvgIpc) is 0.713. The third-order valence-electron chi connectivity index (χ3n) is 24.8. The lowest BCUT2D eigenvalue weighted by molar-refractivity contribution is 0.486. The summed E-state index contributed by atoms with van der Waals surface area (Å²) in [6.45, 7) is 36.8. The Morgan fingerprint density at radius 2 is 0.492 bits per heavy atom. The van der Waals surface area contributed by atoms with Crippen molar-refractivity contribution in [2.45, 2.75) is 119 Å². The molecule has 6 nitrogen and oxygen atoms in total. The molecule has 0 radical (unpaired) electrons. The molecular formula is C114H104N4O2Si2. The van der Waals surface area contributed by atoms with Crippen LogP contribution < -0.4 is 39.4 Å². The average molecular weight is 1620 g/mol. The summed E-state index contributed by atoms with van der Waals surface area (Å²) < 4.78 is 14.1. The summed E-state index contributed by atoms with van der Waals surface area (Å²) in [4.78, 5) is 9.53. The van der Waals surface area contributed by atoms with Crippen molar-refractivity contribution in [2.24, 2.45) is 0 Å². The highest BCUT2D eigenvalue weighted by Crippen LogP contribution is 2.57. The maximum absolute atomic E-state index is 7.04. The number of hydrogen-bond acceptors (Lipinski definition) is 6. The number of ether oxygens (including phenoxy) is 2. The first kappa shape index (κ1) is 78.6. The molecule has 600 valence electrons. The van der Waals surface area contributed by atoms with Crippen molar-refractivity contribution in [2.75, 3.05) is 19.6 Å². The van der Waals surface area contributed by atoms with E-state index in [9.17, 15) is 0 Å². The van der Waals surface area contributed by atoms with Crippen molar-refractivity contribution in [3.05, 3.63) is 373 Å². The standard InChI is InChI=1S/C58H52N2O.C56H52N2OSi2/c1-37-19-29-46-48(31-37)49-35-52-47-30-28-45(59(41-15-11-9-12-16-41)43-24-20-39(21-25-43)57(3,4)5)34-54(47)61-55-33-38(2)32-51(56(52)55)50(49)36-53(46)60(42-17-13-10-14-18-42)44-26-22-40(23-27-44)58(6,7)8;1-37-19-29-46-48(31-37)49-35-52-47-30-24-43(57(39-15-11-9-12-16-39)41-20-25-44(26-21-41)60(3,4)5)34-54(47)59-55-33-38(2)32-51(56(52)55)50(49)36-53(46)58(40-17-13-10-14-18-40)42-22-27-45(28-23-42)61(6,7)8/h2*9-36H,1-8H3. The van der Waals surface area contributed by atoms with Crippen LogP contribution in [0.2, 0.25) is 39.3 Å². The Morgan fingerprint density at radius 3 is 0.820 bits per heavy atom. The predicted molar refractivity (Wildman–Crippen MR) is 530 cm³/mol. The van der Waals surface area contributed by atoms with Crippen LogP contribution in [0.5, 0.6) is 23.0 Å². The van der Waals surface area contributed by atoms with E-state index in [-0.39, 0.29) is 10.8 Å². The second kappa shape index (κ2) is 30.5. The quantitative estimate of drug-likeness (QED) is 0.0797. The third-order valence-corrected chi connectivity index (χ3v) is 28.9. The zero-order valence-electron chi connectivity index (χ0n) is 72.9. The topological polar surface area (TPSA) is 31.4 Å². The number of aryl methyl sites for hydroxylation is 4. The third kappa shape index (κ3) is 14.5. The molecule has 0 aliphatic carbocycles. The molecule has 0 N–H and O–H groups in total. The van der Waals surface area contributed by atoms with Gasteiger partial charge < -0.3 is 29.1 Å². The summed E-state index contributed by atoms with van der Waals surface area (Å²) in [5, 5.41) is 17.4. The Morgan fingerprint density at radius 1 is 0.213 bits per heavy atom. The van der Waals surface area contributed by atoms with Crippen molar-refractivity contribution in [1.82, 2.24) is 0 Å². The Kier molecular flexibility index (Phi) is 19.6. The molecule has 18 aromatic carbocycles. The lowest BCUT2D eigenvalue weighted by Crippen LogP contribution is -2.37. The van der Waals surface area contributed by atoms with Crippen LogP contribution in [0.3, 0.4) is 0 Å². The van der Waals surface area contributed by atoms with Crippen LogP contribution in [0.1, 0.15) is 74.9 Å². The number of rotatable bonds is 14. The fourth-order valence-electron chi connectivity index (χ4n) is 18.4. The van der Waals surface area contributed by atoms with E-state index in [4.69, 9.17) is 9.47 Å². The Bertz CT molecular complexity index is 6680. The fraction of sp³-hybridized carbons (Fsp3) is 0.158. The van der Waals surface area contributed by atoms with Crippen LogP contribution in [-0.4, -0.2) is 16.1 Å². The molecule has 0 saturated heterocycles. The van der Waals surface area contributed by atoms with E-state index in [1.54, 1.807) is 0 Å². The van der Waals surface area contributed by atoms with Gasteiger partial charge in [-0.25, -0.2) is 0 Å². The highest BCUT2D eigenvalue weighted by atomic mass is 28.3. The molecule has 0 spiro atoms. The van der Waals surface area contributed by atoms with Gasteiger partial charge in [0.1, 0.15) is 23.0 Å². The van der Waals surface area contributed by atoms with E-state index in [0.29, 0.717) is 0 Å². The number of anilines is 12. The summed E-state index contributed by atoms with van der Waals surface area (Å²) in [7, 11) is -2.94. The van der Waals surface area contributed by atoms with Gasteiger partial charge in [0.2, 0.25) is 0 Å². The van der Waals surface area contributed by atoms with E-state index < -0.39 is 16.1 Å².